The number of aromatic amines is 1. The Morgan fingerprint density at radius 3 is 2.89 bits per heavy atom. The summed E-state index contributed by atoms with van der Waals surface area (Å²) in [6, 6.07) is 10.4. The van der Waals surface area contributed by atoms with Crippen molar-refractivity contribution in [3.8, 4) is 0 Å². The van der Waals surface area contributed by atoms with Gasteiger partial charge in [-0.1, -0.05) is 12.1 Å². The first-order chi connectivity index (χ1) is 13.2. The number of para-hydroxylation sites is 1. The molecule has 2 N–H and O–H groups in total. The maximum absolute atomic E-state index is 12.5. The molecule has 1 aliphatic heterocycles. The molecule has 0 unspecified atom stereocenters. The smallest absolute Gasteiger partial charge is 0.267 e. The Balaban J connectivity index is 1.41. The van der Waals surface area contributed by atoms with E-state index in [1.807, 2.05) is 12.1 Å². The van der Waals surface area contributed by atoms with E-state index in [0.717, 1.165) is 31.9 Å². The minimum atomic E-state index is -0.258. The van der Waals surface area contributed by atoms with Crippen LogP contribution < -0.4 is 15.6 Å². The zero-order valence-electron chi connectivity index (χ0n) is 14.9. The molecule has 3 aromatic rings. The number of piperidine rings is 1. The van der Waals surface area contributed by atoms with Gasteiger partial charge >= 0.3 is 0 Å². The maximum atomic E-state index is 12.5. The topological polar surface area (TPSA) is 91.0 Å². The monoisotopic (exact) mass is 363 g/mol. The lowest BCUT2D eigenvalue weighted by atomic mass is 9.98. The predicted octanol–water partition coefficient (Wildman–Crippen LogP) is 1.96. The summed E-state index contributed by atoms with van der Waals surface area (Å²) in [5, 5.41) is 3.54. The zero-order valence-corrected chi connectivity index (χ0v) is 14.9. The second-order valence-corrected chi connectivity index (χ2v) is 6.81. The largest absolute Gasteiger partial charge is 0.350 e. The molecule has 0 spiro atoms. The van der Waals surface area contributed by atoms with Crippen LogP contribution in [0.5, 0.6) is 0 Å². The summed E-state index contributed by atoms with van der Waals surface area (Å²) in [4.78, 5) is 38.5. The minimum absolute atomic E-state index is 0.153. The molecule has 2 aromatic heterocycles. The van der Waals surface area contributed by atoms with Gasteiger partial charge in [0.15, 0.2) is 5.43 Å². The standard InChI is InChI=1S/C20H21N5O2/c26-18-11-17(24-16-7-2-1-6-15(16)18)19(27)23-12-14-5-3-10-25(13-14)20-21-8-4-9-22-20/h1-2,4,6-9,11,14H,3,5,10,12-13H2,(H,23,27)(H,24,26)/t14-/m0/s1. The average Bonchev–Trinajstić information content (AvgIpc) is 2.73. The Morgan fingerprint density at radius 1 is 1.22 bits per heavy atom. The van der Waals surface area contributed by atoms with Gasteiger partial charge in [0.1, 0.15) is 5.69 Å². The van der Waals surface area contributed by atoms with E-state index in [2.05, 4.69) is 25.2 Å². The number of fused-ring (bicyclic) bond motifs is 1. The first kappa shape index (κ1) is 17.2. The van der Waals surface area contributed by atoms with Crippen LogP contribution in [0, 0.1) is 5.92 Å². The van der Waals surface area contributed by atoms with Crippen LogP contribution in [0.3, 0.4) is 0 Å². The summed E-state index contributed by atoms with van der Waals surface area (Å²) in [6.07, 6.45) is 5.55. The molecule has 138 valence electrons. The molecule has 7 heteroatoms. The molecule has 1 amide bonds. The fourth-order valence-electron chi connectivity index (χ4n) is 3.52. The van der Waals surface area contributed by atoms with Crippen molar-refractivity contribution in [2.24, 2.45) is 5.92 Å². The number of anilines is 1. The highest BCUT2D eigenvalue weighted by Crippen LogP contribution is 2.19. The van der Waals surface area contributed by atoms with Gasteiger partial charge in [-0.2, -0.15) is 0 Å². The third kappa shape index (κ3) is 3.81. The summed E-state index contributed by atoms with van der Waals surface area (Å²) < 4.78 is 0. The van der Waals surface area contributed by atoms with E-state index in [1.54, 1.807) is 30.6 Å². The van der Waals surface area contributed by atoms with Gasteiger partial charge in [-0.3, -0.25) is 9.59 Å². The van der Waals surface area contributed by atoms with Gasteiger partial charge in [0.25, 0.3) is 5.91 Å². The fraction of sp³-hybridized carbons (Fsp3) is 0.300. The number of hydrogen-bond acceptors (Lipinski definition) is 5. The highest BCUT2D eigenvalue weighted by atomic mass is 16.2. The Labute approximate surface area is 156 Å². The number of H-pyrrole nitrogens is 1. The Kier molecular flexibility index (Phi) is 4.82. The van der Waals surface area contributed by atoms with Gasteiger partial charge in [-0.15, -0.1) is 0 Å². The van der Waals surface area contributed by atoms with E-state index in [-0.39, 0.29) is 17.0 Å². The van der Waals surface area contributed by atoms with Crippen molar-refractivity contribution in [1.82, 2.24) is 20.3 Å². The van der Waals surface area contributed by atoms with Crippen molar-refractivity contribution < 1.29 is 4.79 Å². The second kappa shape index (κ2) is 7.57. The Hall–Kier alpha value is -3.22. The van der Waals surface area contributed by atoms with E-state index in [1.165, 1.54) is 6.07 Å². The third-order valence-electron chi connectivity index (χ3n) is 4.89. The van der Waals surface area contributed by atoms with Crippen LogP contribution in [-0.4, -0.2) is 40.5 Å². The van der Waals surface area contributed by atoms with Crippen molar-refractivity contribution in [1.29, 1.82) is 0 Å². The van der Waals surface area contributed by atoms with E-state index in [9.17, 15) is 9.59 Å². The van der Waals surface area contributed by atoms with Gasteiger partial charge in [0.05, 0.1) is 0 Å². The first-order valence-corrected chi connectivity index (χ1v) is 9.13. The number of rotatable bonds is 4. The summed E-state index contributed by atoms with van der Waals surface area (Å²) in [6.45, 7) is 2.28. The molecule has 1 saturated heterocycles. The van der Waals surface area contributed by atoms with Crippen molar-refractivity contribution in [3.05, 3.63) is 64.7 Å². The van der Waals surface area contributed by atoms with Gasteiger partial charge in [0.2, 0.25) is 5.95 Å². The van der Waals surface area contributed by atoms with Crippen LogP contribution in [0.25, 0.3) is 10.9 Å². The first-order valence-electron chi connectivity index (χ1n) is 9.13. The second-order valence-electron chi connectivity index (χ2n) is 6.81. The van der Waals surface area contributed by atoms with Gasteiger partial charge in [-0.25, -0.2) is 9.97 Å². The van der Waals surface area contributed by atoms with Crippen molar-refractivity contribution in [3.63, 3.8) is 0 Å². The molecule has 1 aliphatic rings. The van der Waals surface area contributed by atoms with Gasteiger partial charge in [-0.05, 0) is 37.0 Å². The summed E-state index contributed by atoms with van der Waals surface area (Å²) >= 11 is 0. The Morgan fingerprint density at radius 2 is 2.04 bits per heavy atom. The summed E-state index contributed by atoms with van der Waals surface area (Å²) in [7, 11) is 0. The van der Waals surface area contributed by atoms with E-state index < -0.39 is 0 Å². The molecular formula is C20H21N5O2. The quantitative estimate of drug-likeness (QED) is 0.739. The normalized spacial score (nSPS) is 17.0. The molecule has 0 radical (unpaired) electrons. The molecular weight excluding hydrogens is 342 g/mol. The number of benzene rings is 1. The van der Waals surface area contributed by atoms with Crippen molar-refractivity contribution in [2.75, 3.05) is 24.5 Å². The number of pyridine rings is 1. The van der Waals surface area contributed by atoms with Crippen LogP contribution in [0.4, 0.5) is 5.95 Å². The lowest BCUT2D eigenvalue weighted by Crippen LogP contribution is -2.41. The molecule has 4 rings (SSSR count). The molecule has 7 nitrogen and oxygen atoms in total. The van der Waals surface area contributed by atoms with Crippen LogP contribution in [-0.2, 0) is 0 Å². The summed E-state index contributed by atoms with van der Waals surface area (Å²) in [5.41, 5.74) is 0.803. The minimum Gasteiger partial charge on any atom is -0.350 e. The number of nitrogens with one attached hydrogen (secondary N) is 2. The summed E-state index contributed by atoms with van der Waals surface area (Å²) in [5.74, 6) is 0.789. The third-order valence-corrected chi connectivity index (χ3v) is 4.89. The highest BCUT2D eigenvalue weighted by Gasteiger charge is 2.22. The molecule has 3 heterocycles. The zero-order chi connectivity index (χ0) is 18.6. The number of nitrogens with zero attached hydrogens (tertiary/aromatic N) is 3. The molecule has 0 saturated carbocycles. The van der Waals surface area contributed by atoms with Gasteiger partial charge in [0, 0.05) is 49.0 Å². The Bertz CT molecular complexity index is 1000. The number of aromatic nitrogens is 3. The predicted molar refractivity (Wildman–Crippen MR) is 104 cm³/mol. The molecule has 1 atom stereocenters. The van der Waals surface area contributed by atoms with Crippen molar-refractivity contribution >= 4 is 22.8 Å². The van der Waals surface area contributed by atoms with Crippen LogP contribution >= 0.6 is 0 Å². The highest BCUT2D eigenvalue weighted by molar-refractivity contribution is 5.94. The van der Waals surface area contributed by atoms with Crippen LogP contribution in [0.1, 0.15) is 23.3 Å². The average molecular weight is 363 g/mol. The molecule has 1 fully saturated rings. The number of hydrogen-bond donors (Lipinski definition) is 2. The molecule has 0 bridgehead atoms. The number of amides is 1. The number of carbonyl (C=O) groups excluding carboxylic acids is 1. The number of carbonyl (C=O) groups is 1. The van der Waals surface area contributed by atoms with Crippen LogP contribution in [0.15, 0.2) is 53.6 Å². The fourth-order valence-corrected chi connectivity index (χ4v) is 3.52. The van der Waals surface area contributed by atoms with E-state index >= 15 is 0 Å². The molecule has 1 aromatic carbocycles. The molecule has 27 heavy (non-hydrogen) atoms. The van der Waals surface area contributed by atoms with E-state index in [0.29, 0.717) is 23.4 Å². The lowest BCUT2D eigenvalue weighted by molar-refractivity contribution is 0.0941. The van der Waals surface area contributed by atoms with E-state index in [4.69, 9.17) is 0 Å². The van der Waals surface area contributed by atoms with Crippen LogP contribution in [0.2, 0.25) is 0 Å². The van der Waals surface area contributed by atoms with Gasteiger partial charge < -0.3 is 15.2 Å². The van der Waals surface area contributed by atoms with Crippen molar-refractivity contribution in [2.45, 2.75) is 12.8 Å². The SMILES string of the molecule is O=C(NC[C@@H]1CCCN(c2ncccn2)C1)c1cc(=O)c2ccccc2[nH]1. The molecule has 0 aliphatic carbocycles. The maximum Gasteiger partial charge on any atom is 0.267 e. The lowest BCUT2D eigenvalue weighted by Gasteiger charge is -2.32.